The topological polar surface area (TPSA) is 131 Å². The van der Waals surface area contributed by atoms with Crippen molar-refractivity contribution in [1.29, 1.82) is 0 Å². The van der Waals surface area contributed by atoms with Crippen molar-refractivity contribution in [2.24, 2.45) is 0 Å². The predicted octanol–water partition coefficient (Wildman–Crippen LogP) is 0.329. The highest BCUT2D eigenvalue weighted by molar-refractivity contribution is 9.10. The van der Waals surface area contributed by atoms with E-state index in [-0.39, 0.29) is 10.4 Å². The van der Waals surface area contributed by atoms with E-state index in [1.165, 1.54) is 6.08 Å². The number of sulfone groups is 1. The van der Waals surface area contributed by atoms with Crippen molar-refractivity contribution in [1.82, 2.24) is 4.72 Å². The Morgan fingerprint density at radius 1 is 1.50 bits per heavy atom. The zero-order valence-corrected chi connectivity index (χ0v) is 12.8. The van der Waals surface area contributed by atoms with Crippen LogP contribution in [-0.4, -0.2) is 39.7 Å². The van der Waals surface area contributed by atoms with Gasteiger partial charge in [-0.25, -0.2) is 26.4 Å². The van der Waals surface area contributed by atoms with Crippen molar-refractivity contribution in [3.8, 4) is 0 Å². The minimum absolute atomic E-state index is 0.271. The van der Waals surface area contributed by atoms with Crippen LogP contribution in [0.2, 0.25) is 0 Å². The molecule has 2 N–H and O–H groups in total. The number of carbonyl (C=O) groups is 1. The normalized spacial score (nSPS) is 21.1. The monoisotopic (exact) mass is 385 g/mol. The van der Waals surface area contributed by atoms with Crippen LogP contribution < -0.4 is 4.72 Å². The Bertz CT molecular complexity index is 790. The van der Waals surface area contributed by atoms with Crippen LogP contribution in [0.4, 0.5) is 0 Å². The lowest BCUT2D eigenvalue weighted by atomic mass is 10.4. The van der Waals surface area contributed by atoms with Crippen LogP contribution in [0.15, 0.2) is 31.5 Å². The molecule has 0 aliphatic carbocycles. The highest BCUT2D eigenvalue weighted by atomic mass is 79.9. The Morgan fingerprint density at radius 2 is 2.15 bits per heavy atom. The van der Waals surface area contributed by atoms with E-state index in [2.05, 4.69) is 20.7 Å². The molecule has 0 amide bonds. The lowest BCUT2D eigenvalue weighted by Crippen LogP contribution is -2.35. The molecule has 0 saturated heterocycles. The van der Waals surface area contributed by atoms with Gasteiger partial charge in [0.1, 0.15) is 4.90 Å². The van der Waals surface area contributed by atoms with Crippen molar-refractivity contribution >= 4 is 41.8 Å². The van der Waals surface area contributed by atoms with E-state index in [0.717, 1.165) is 11.5 Å². The van der Waals surface area contributed by atoms with Gasteiger partial charge < -0.3 is 9.52 Å². The van der Waals surface area contributed by atoms with E-state index < -0.39 is 42.5 Å². The standard InChI is InChI=1S/C9H8BrNO7S2/c10-8-7(3-6(18-8)9(12)13)20(16,17)11-5-1-2-19(14,15)4-5/h1-3,5,11H,4H2,(H,12,13). The number of carboxylic acids is 1. The van der Waals surface area contributed by atoms with Gasteiger partial charge in [0.25, 0.3) is 0 Å². The third kappa shape index (κ3) is 3.11. The van der Waals surface area contributed by atoms with Gasteiger partial charge in [-0.3, -0.25) is 0 Å². The van der Waals surface area contributed by atoms with Gasteiger partial charge in [-0.05, 0) is 15.9 Å². The highest BCUT2D eigenvalue weighted by Gasteiger charge is 2.30. The molecule has 0 bridgehead atoms. The third-order valence-electron chi connectivity index (χ3n) is 2.39. The number of aromatic carboxylic acids is 1. The Labute approximate surface area is 122 Å². The molecule has 110 valence electrons. The van der Waals surface area contributed by atoms with E-state index in [1.807, 2.05) is 0 Å². The summed E-state index contributed by atoms with van der Waals surface area (Å²) >= 11 is 2.81. The van der Waals surface area contributed by atoms with Gasteiger partial charge in [0, 0.05) is 11.5 Å². The van der Waals surface area contributed by atoms with Crippen LogP contribution in [0.3, 0.4) is 0 Å². The van der Waals surface area contributed by atoms with E-state index in [4.69, 9.17) is 9.52 Å². The third-order valence-corrected chi connectivity index (χ3v) is 6.13. The number of sulfonamides is 1. The number of hydrogen-bond acceptors (Lipinski definition) is 6. The summed E-state index contributed by atoms with van der Waals surface area (Å²) in [6.45, 7) is 0. The maximum Gasteiger partial charge on any atom is 0.371 e. The van der Waals surface area contributed by atoms with Gasteiger partial charge in [-0.15, -0.1) is 0 Å². The molecule has 1 aromatic heterocycles. The van der Waals surface area contributed by atoms with Crippen LogP contribution in [-0.2, 0) is 19.9 Å². The molecular formula is C9H8BrNO7S2. The summed E-state index contributed by atoms with van der Waals surface area (Å²) in [4.78, 5) is 10.3. The average Bonchev–Trinajstić information content (AvgIpc) is 2.82. The molecule has 20 heavy (non-hydrogen) atoms. The molecule has 1 aromatic rings. The summed E-state index contributed by atoms with van der Waals surface area (Å²) in [7, 11) is -7.51. The zero-order chi connectivity index (χ0) is 15.1. The SMILES string of the molecule is O=C(O)c1cc(S(=O)(=O)NC2C=CS(=O)(=O)C2)c(Br)o1. The lowest BCUT2D eigenvalue weighted by molar-refractivity contribution is 0.0661. The summed E-state index contributed by atoms with van der Waals surface area (Å²) in [6, 6.07) is -0.0675. The number of rotatable bonds is 4. The summed E-state index contributed by atoms with van der Waals surface area (Å²) in [6.07, 6.45) is 1.21. The molecule has 2 rings (SSSR count). The Balaban J connectivity index is 2.28. The summed E-state index contributed by atoms with van der Waals surface area (Å²) in [5, 5.41) is 9.64. The van der Waals surface area contributed by atoms with Gasteiger partial charge in [-0.2, -0.15) is 0 Å². The van der Waals surface area contributed by atoms with Crippen molar-refractivity contribution < 1.29 is 31.2 Å². The Kier molecular flexibility index (Phi) is 3.79. The molecular weight excluding hydrogens is 378 g/mol. The van der Waals surface area contributed by atoms with Crippen LogP contribution in [0.25, 0.3) is 0 Å². The van der Waals surface area contributed by atoms with E-state index in [0.29, 0.717) is 0 Å². The maximum atomic E-state index is 12.0. The fourth-order valence-corrected chi connectivity index (χ4v) is 5.02. The first-order valence-electron chi connectivity index (χ1n) is 5.07. The smallest absolute Gasteiger partial charge is 0.371 e. The number of furan rings is 1. The largest absolute Gasteiger partial charge is 0.475 e. The highest BCUT2D eigenvalue weighted by Crippen LogP contribution is 2.26. The molecule has 8 nitrogen and oxygen atoms in total. The van der Waals surface area contributed by atoms with Crippen LogP contribution in [0.5, 0.6) is 0 Å². The second-order valence-electron chi connectivity index (χ2n) is 3.94. The molecule has 1 atom stereocenters. The van der Waals surface area contributed by atoms with Gasteiger partial charge in [0.2, 0.25) is 15.8 Å². The Morgan fingerprint density at radius 3 is 2.60 bits per heavy atom. The molecule has 0 fully saturated rings. The second-order valence-corrected chi connectivity index (χ2v) is 8.27. The maximum absolute atomic E-state index is 12.0. The summed E-state index contributed by atoms with van der Waals surface area (Å²) < 4.78 is 53.1. The Hall–Kier alpha value is -1.17. The molecule has 11 heteroatoms. The first-order valence-corrected chi connectivity index (χ1v) is 9.06. The number of carboxylic acid groups (broad SMARTS) is 1. The quantitative estimate of drug-likeness (QED) is 0.762. The van der Waals surface area contributed by atoms with Crippen LogP contribution in [0, 0.1) is 0 Å². The lowest BCUT2D eigenvalue weighted by Gasteiger charge is -2.09. The molecule has 0 aromatic carbocycles. The minimum atomic E-state index is -4.11. The fourth-order valence-electron chi connectivity index (χ4n) is 1.55. The van der Waals surface area contributed by atoms with E-state index in [9.17, 15) is 21.6 Å². The molecule has 1 aliphatic heterocycles. The summed E-state index contributed by atoms with van der Waals surface area (Å²) in [5.74, 6) is -2.35. The van der Waals surface area contributed by atoms with Crippen molar-refractivity contribution in [2.75, 3.05) is 5.75 Å². The van der Waals surface area contributed by atoms with E-state index in [1.54, 1.807) is 0 Å². The molecule has 1 aliphatic rings. The number of halogens is 1. The van der Waals surface area contributed by atoms with Crippen molar-refractivity contribution in [3.63, 3.8) is 0 Å². The minimum Gasteiger partial charge on any atom is -0.475 e. The zero-order valence-electron chi connectivity index (χ0n) is 9.61. The average molecular weight is 386 g/mol. The van der Waals surface area contributed by atoms with Gasteiger partial charge in [-0.1, -0.05) is 6.08 Å². The molecule has 0 spiro atoms. The van der Waals surface area contributed by atoms with Gasteiger partial charge >= 0.3 is 5.97 Å². The molecule has 0 saturated carbocycles. The first-order chi connectivity index (χ1) is 9.11. The van der Waals surface area contributed by atoms with Gasteiger partial charge in [0.15, 0.2) is 14.5 Å². The van der Waals surface area contributed by atoms with Crippen LogP contribution in [0.1, 0.15) is 10.6 Å². The van der Waals surface area contributed by atoms with Crippen LogP contribution >= 0.6 is 15.9 Å². The first kappa shape index (κ1) is 15.2. The number of nitrogens with one attached hydrogen (secondary N) is 1. The number of hydrogen-bond donors (Lipinski definition) is 2. The summed E-state index contributed by atoms with van der Waals surface area (Å²) in [5.41, 5.74) is 0. The fraction of sp³-hybridized carbons (Fsp3) is 0.222. The molecule has 2 heterocycles. The van der Waals surface area contributed by atoms with Crippen molar-refractivity contribution in [2.45, 2.75) is 10.9 Å². The van der Waals surface area contributed by atoms with Crippen molar-refractivity contribution in [3.05, 3.63) is 28.0 Å². The van der Waals surface area contributed by atoms with Gasteiger partial charge in [0.05, 0.1) is 11.8 Å². The van der Waals surface area contributed by atoms with E-state index >= 15 is 0 Å². The molecule has 0 radical (unpaired) electrons. The molecule has 1 unspecified atom stereocenters. The second kappa shape index (κ2) is 4.98. The predicted molar refractivity (Wildman–Crippen MR) is 70.4 cm³/mol.